The van der Waals surface area contributed by atoms with Gasteiger partial charge in [0.1, 0.15) is 11.5 Å². The van der Waals surface area contributed by atoms with Crippen molar-refractivity contribution < 1.29 is 19.4 Å². The molecule has 0 bridgehead atoms. The molecule has 1 fully saturated rings. The fourth-order valence-electron chi connectivity index (χ4n) is 3.34. The molecule has 7 heteroatoms. The molecule has 1 aromatic heterocycles. The number of rotatable bonds is 6. The number of hydrogen-bond acceptors (Lipinski definition) is 6. The highest BCUT2D eigenvalue weighted by molar-refractivity contribution is 7.10. The molecule has 0 unspecified atom stereocenters. The van der Waals surface area contributed by atoms with Crippen LogP contribution in [0, 0.1) is 6.92 Å². The molecule has 0 saturated carbocycles. The summed E-state index contributed by atoms with van der Waals surface area (Å²) in [6, 6.07) is 8.38. The summed E-state index contributed by atoms with van der Waals surface area (Å²) in [7, 11) is 5.41. The summed E-state index contributed by atoms with van der Waals surface area (Å²) >= 11 is 1.46. The van der Waals surface area contributed by atoms with E-state index in [0.29, 0.717) is 24.4 Å². The van der Waals surface area contributed by atoms with E-state index in [0.717, 1.165) is 10.4 Å². The second kappa shape index (κ2) is 8.16. The lowest BCUT2D eigenvalue weighted by Gasteiger charge is -2.25. The minimum Gasteiger partial charge on any atom is -0.507 e. The molecule has 0 radical (unpaired) electrons. The van der Waals surface area contributed by atoms with Gasteiger partial charge in [0, 0.05) is 23.5 Å². The number of amides is 1. The van der Waals surface area contributed by atoms with Crippen LogP contribution in [0.1, 0.15) is 22.0 Å². The molecular formula is C21H24N2O4S. The molecule has 1 amide bonds. The maximum atomic E-state index is 12.8. The van der Waals surface area contributed by atoms with Crippen molar-refractivity contribution in [2.75, 3.05) is 34.3 Å². The van der Waals surface area contributed by atoms with Crippen molar-refractivity contribution in [1.82, 2.24) is 9.80 Å². The number of hydrogen-bond donors (Lipinski definition) is 1. The number of likely N-dealkylation sites (N-methyl/N-ethyl adjacent to an activating group) is 1. The van der Waals surface area contributed by atoms with E-state index in [4.69, 9.17) is 4.74 Å². The first-order valence-corrected chi connectivity index (χ1v) is 9.84. The summed E-state index contributed by atoms with van der Waals surface area (Å²) in [5.41, 5.74) is 1.46. The van der Waals surface area contributed by atoms with Crippen molar-refractivity contribution in [2.45, 2.75) is 13.0 Å². The van der Waals surface area contributed by atoms with Gasteiger partial charge in [-0.1, -0.05) is 6.07 Å². The van der Waals surface area contributed by atoms with E-state index < -0.39 is 17.7 Å². The van der Waals surface area contributed by atoms with Gasteiger partial charge in [0.15, 0.2) is 0 Å². The van der Waals surface area contributed by atoms with Crippen LogP contribution in [-0.2, 0) is 9.59 Å². The number of thiophene rings is 1. The first-order chi connectivity index (χ1) is 13.3. The van der Waals surface area contributed by atoms with Gasteiger partial charge < -0.3 is 19.6 Å². The zero-order valence-electron chi connectivity index (χ0n) is 16.4. The first-order valence-electron chi connectivity index (χ1n) is 8.96. The lowest BCUT2D eigenvalue weighted by Crippen LogP contribution is -2.35. The van der Waals surface area contributed by atoms with E-state index in [1.165, 1.54) is 11.3 Å². The number of carbonyl (C=O) groups excluding carboxylic acids is 2. The number of benzene rings is 1. The molecule has 1 N–H and O–H groups in total. The molecule has 148 valence electrons. The van der Waals surface area contributed by atoms with Crippen LogP contribution in [-0.4, -0.2) is 60.9 Å². The van der Waals surface area contributed by atoms with Crippen molar-refractivity contribution in [3.05, 3.63) is 57.3 Å². The number of ether oxygens (including phenoxy) is 1. The lowest BCUT2D eigenvalue weighted by molar-refractivity contribution is -0.140. The third-order valence-electron chi connectivity index (χ3n) is 4.81. The number of methoxy groups -OCH3 is 1. The molecule has 1 aliphatic heterocycles. The van der Waals surface area contributed by atoms with Gasteiger partial charge >= 0.3 is 0 Å². The number of ketones is 1. The number of carbonyl (C=O) groups is 2. The lowest BCUT2D eigenvalue weighted by atomic mass is 9.99. The Morgan fingerprint density at radius 2 is 2.04 bits per heavy atom. The Balaban J connectivity index is 2.10. The standard InChI is InChI=1S/C21H24N2O4S/c1-13-12-14(7-8-15(13)27-4)19(24)17-18(16-6-5-11-28-16)23(10-9-22(2)3)21(26)20(17)25/h5-8,11-12,18,24H,9-10H2,1-4H3/t18-/m0/s1. The average Bonchev–Trinajstić information content (AvgIpc) is 3.27. The maximum Gasteiger partial charge on any atom is 0.295 e. The fraction of sp³-hybridized carbons (Fsp3) is 0.333. The van der Waals surface area contributed by atoms with Crippen LogP contribution in [0.25, 0.3) is 5.76 Å². The zero-order valence-corrected chi connectivity index (χ0v) is 17.2. The van der Waals surface area contributed by atoms with E-state index in [2.05, 4.69) is 0 Å². The topological polar surface area (TPSA) is 70.1 Å². The highest BCUT2D eigenvalue weighted by atomic mass is 32.1. The summed E-state index contributed by atoms with van der Waals surface area (Å²) in [5.74, 6) is -0.692. The predicted molar refractivity (Wildman–Crippen MR) is 110 cm³/mol. The molecule has 1 saturated heterocycles. The number of nitrogens with zero attached hydrogens (tertiary/aromatic N) is 2. The second-order valence-electron chi connectivity index (χ2n) is 7.00. The molecule has 0 spiro atoms. The predicted octanol–water partition coefficient (Wildman–Crippen LogP) is 3.05. The molecule has 1 atom stereocenters. The SMILES string of the molecule is COc1ccc(C(O)=C2C(=O)C(=O)N(CCN(C)C)[C@H]2c2cccs2)cc1C. The molecule has 0 aliphatic carbocycles. The Hall–Kier alpha value is -2.64. The maximum absolute atomic E-state index is 12.8. The number of aliphatic hydroxyl groups is 1. The van der Waals surface area contributed by atoms with Crippen LogP contribution in [0.5, 0.6) is 5.75 Å². The molecule has 6 nitrogen and oxygen atoms in total. The van der Waals surface area contributed by atoms with Crippen molar-refractivity contribution in [3.8, 4) is 5.75 Å². The molecular weight excluding hydrogens is 376 g/mol. The van der Waals surface area contributed by atoms with Crippen molar-refractivity contribution in [1.29, 1.82) is 0 Å². The van der Waals surface area contributed by atoms with E-state index in [-0.39, 0.29) is 11.3 Å². The Bertz CT molecular complexity index is 918. The van der Waals surface area contributed by atoms with Crippen LogP contribution in [0.2, 0.25) is 0 Å². The van der Waals surface area contributed by atoms with E-state index in [1.54, 1.807) is 30.2 Å². The minimum atomic E-state index is -0.650. The Morgan fingerprint density at radius 3 is 2.61 bits per heavy atom. The number of aliphatic hydroxyl groups excluding tert-OH is 1. The van der Waals surface area contributed by atoms with Gasteiger partial charge in [-0.25, -0.2) is 0 Å². The zero-order chi connectivity index (χ0) is 20.4. The van der Waals surface area contributed by atoms with Crippen molar-refractivity contribution in [2.24, 2.45) is 0 Å². The van der Waals surface area contributed by atoms with Gasteiger partial charge in [-0.05, 0) is 56.2 Å². The quantitative estimate of drug-likeness (QED) is 0.459. The molecule has 1 aromatic carbocycles. The highest BCUT2D eigenvalue weighted by Crippen LogP contribution is 2.41. The number of Topliss-reactive ketones (excluding diaryl/α,β-unsaturated/α-hetero) is 1. The van der Waals surface area contributed by atoms with E-state index in [9.17, 15) is 14.7 Å². The van der Waals surface area contributed by atoms with Crippen LogP contribution in [0.15, 0.2) is 41.3 Å². The van der Waals surface area contributed by atoms with E-state index >= 15 is 0 Å². The third-order valence-corrected chi connectivity index (χ3v) is 5.73. The molecule has 3 rings (SSSR count). The van der Waals surface area contributed by atoms with Gasteiger partial charge in [0.2, 0.25) is 0 Å². The average molecular weight is 401 g/mol. The second-order valence-corrected chi connectivity index (χ2v) is 7.97. The normalized spacial score (nSPS) is 18.9. The Morgan fingerprint density at radius 1 is 1.29 bits per heavy atom. The van der Waals surface area contributed by atoms with Gasteiger partial charge in [-0.15, -0.1) is 11.3 Å². The fourth-order valence-corrected chi connectivity index (χ4v) is 4.19. The number of likely N-dealkylation sites (tertiary alicyclic amines) is 1. The van der Waals surface area contributed by atoms with Crippen LogP contribution >= 0.6 is 11.3 Å². The summed E-state index contributed by atoms with van der Waals surface area (Å²) in [4.78, 5) is 29.9. The van der Waals surface area contributed by atoms with Crippen molar-refractivity contribution >= 4 is 28.8 Å². The Labute approximate surface area is 168 Å². The summed E-state index contributed by atoms with van der Waals surface area (Å²) in [6.07, 6.45) is 0. The number of aryl methyl sites for hydroxylation is 1. The van der Waals surface area contributed by atoms with Gasteiger partial charge in [-0.2, -0.15) is 0 Å². The monoisotopic (exact) mass is 400 g/mol. The minimum absolute atomic E-state index is 0.135. The van der Waals surface area contributed by atoms with Gasteiger partial charge in [0.25, 0.3) is 11.7 Å². The highest BCUT2D eigenvalue weighted by Gasteiger charge is 2.46. The largest absolute Gasteiger partial charge is 0.507 e. The van der Waals surface area contributed by atoms with E-state index in [1.807, 2.05) is 43.4 Å². The summed E-state index contributed by atoms with van der Waals surface area (Å²) in [5, 5.41) is 12.9. The molecule has 2 heterocycles. The summed E-state index contributed by atoms with van der Waals surface area (Å²) < 4.78 is 5.26. The van der Waals surface area contributed by atoms with Crippen LogP contribution in [0.4, 0.5) is 0 Å². The first kappa shape index (κ1) is 20.1. The molecule has 1 aliphatic rings. The van der Waals surface area contributed by atoms with Crippen LogP contribution in [0.3, 0.4) is 0 Å². The summed E-state index contributed by atoms with van der Waals surface area (Å²) in [6.45, 7) is 2.89. The molecule has 2 aromatic rings. The van der Waals surface area contributed by atoms with Crippen molar-refractivity contribution in [3.63, 3.8) is 0 Å². The smallest absolute Gasteiger partial charge is 0.295 e. The van der Waals surface area contributed by atoms with Crippen LogP contribution < -0.4 is 4.74 Å². The molecule has 28 heavy (non-hydrogen) atoms. The van der Waals surface area contributed by atoms with Gasteiger partial charge in [0.05, 0.1) is 18.7 Å². The Kier molecular flexibility index (Phi) is 5.86. The third kappa shape index (κ3) is 3.68. The van der Waals surface area contributed by atoms with Gasteiger partial charge in [-0.3, -0.25) is 9.59 Å².